The monoisotopic (exact) mass is 402 g/mol. The van der Waals surface area contributed by atoms with Crippen molar-refractivity contribution >= 4 is 28.4 Å². The summed E-state index contributed by atoms with van der Waals surface area (Å²) in [5.41, 5.74) is 6.62. The first-order valence-electron chi connectivity index (χ1n) is 9.77. The highest BCUT2D eigenvalue weighted by molar-refractivity contribution is 6.31. The van der Waals surface area contributed by atoms with Crippen LogP contribution in [0.3, 0.4) is 0 Å². The fraction of sp³-hybridized carbons (Fsp3) is 0.160. The lowest BCUT2D eigenvalue weighted by Crippen LogP contribution is -2.25. The zero-order valence-electron chi connectivity index (χ0n) is 16.3. The topological polar surface area (TPSA) is 44.9 Å². The minimum absolute atomic E-state index is 0.0509. The third-order valence-electron chi connectivity index (χ3n) is 5.12. The van der Waals surface area contributed by atoms with Gasteiger partial charge in [-0.2, -0.15) is 0 Å². The largest absolute Gasteiger partial charge is 0.361 e. The Kier molecular flexibility index (Phi) is 5.68. The van der Waals surface area contributed by atoms with Gasteiger partial charge in [0.15, 0.2) is 0 Å². The molecule has 2 N–H and O–H groups in total. The summed E-state index contributed by atoms with van der Waals surface area (Å²) in [7, 11) is 0. The van der Waals surface area contributed by atoms with E-state index in [4.69, 9.17) is 11.6 Å². The van der Waals surface area contributed by atoms with Crippen LogP contribution in [0, 0.1) is 6.92 Å². The van der Waals surface area contributed by atoms with Crippen molar-refractivity contribution in [3.8, 4) is 0 Å². The Labute approximate surface area is 175 Å². The number of hydrogen-bond donors (Lipinski definition) is 2. The minimum atomic E-state index is -0.0509. The van der Waals surface area contributed by atoms with Crippen LogP contribution < -0.4 is 5.32 Å². The van der Waals surface area contributed by atoms with E-state index in [0.717, 1.165) is 29.3 Å². The Balaban J connectivity index is 1.34. The fourth-order valence-electron chi connectivity index (χ4n) is 3.60. The number of halogens is 1. The molecule has 1 heterocycles. The summed E-state index contributed by atoms with van der Waals surface area (Å²) in [6.45, 7) is 2.67. The molecule has 1 amide bonds. The number of aromatic amines is 1. The van der Waals surface area contributed by atoms with E-state index in [1.807, 2.05) is 48.7 Å². The molecule has 0 saturated heterocycles. The Morgan fingerprint density at radius 2 is 1.83 bits per heavy atom. The van der Waals surface area contributed by atoms with Crippen LogP contribution in [-0.4, -0.2) is 17.4 Å². The summed E-state index contributed by atoms with van der Waals surface area (Å²) in [5.74, 6) is -0.0509. The van der Waals surface area contributed by atoms with E-state index in [0.29, 0.717) is 17.1 Å². The van der Waals surface area contributed by atoms with E-state index < -0.39 is 0 Å². The standard InChI is InChI=1S/C25H23ClN2O/c1-17-3-2-4-19(13-17)14-18-5-7-20(8-6-18)25(29)27-12-11-21-16-28-24-10-9-22(26)15-23(21)24/h2-10,13,15-16,28H,11-12,14H2,1H3,(H,27,29). The number of rotatable bonds is 6. The average Bonchev–Trinajstić information content (AvgIpc) is 3.10. The Bertz CT molecular complexity index is 1150. The Morgan fingerprint density at radius 1 is 1.00 bits per heavy atom. The minimum Gasteiger partial charge on any atom is -0.361 e. The fourth-order valence-corrected chi connectivity index (χ4v) is 3.77. The number of nitrogens with one attached hydrogen (secondary N) is 2. The van der Waals surface area contributed by atoms with Gasteiger partial charge in [0.2, 0.25) is 0 Å². The van der Waals surface area contributed by atoms with Gasteiger partial charge in [0.1, 0.15) is 0 Å². The van der Waals surface area contributed by atoms with Gasteiger partial charge >= 0.3 is 0 Å². The highest BCUT2D eigenvalue weighted by atomic mass is 35.5. The highest BCUT2D eigenvalue weighted by Gasteiger charge is 2.08. The van der Waals surface area contributed by atoms with Crippen LogP contribution >= 0.6 is 11.6 Å². The average molecular weight is 403 g/mol. The second kappa shape index (κ2) is 8.54. The number of carbonyl (C=O) groups is 1. The van der Waals surface area contributed by atoms with Crippen molar-refractivity contribution in [3.63, 3.8) is 0 Å². The van der Waals surface area contributed by atoms with Crippen LogP contribution in [0.1, 0.15) is 32.6 Å². The van der Waals surface area contributed by atoms with Crippen LogP contribution in [-0.2, 0) is 12.8 Å². The number of amides is 1. The van der Waals surface area contributed by atoms with E-state index in [1.54, 1.807) is 0 Å². The van der Waals surface area contributed by atoms with E-state index in [1.165, 1.54) is 16.7 Å². The van der Waals surface area contributed by atoms with Crippen LogP contribution in [0.2, 0.25) is 5.02 Å². The van der Waals surface area contributed by atoms with Gasteiger partial charge in [-0.3, -0.25) is 4.79 Å². The first-order chi connectivity index (χ1) is 14.1. The lowest BCUT2D eigenvalue weighted by Gasteiger charge is -2.07. The highest BCUT2D eigenvalue weighted by Crippen LogP contribution is 2.22. The number of aromatic nitrogens is 1. The predicted molar refractivity (Wildman–Crippen MR) is 120 cm³/mol. The van der Waals surface area contributed by atoms with Crippen molar-refractivity contribution < 1.29 is 4.79 Å². The quantitative estimate of drug-likeness (QED) is 0.427. The lowest BCUT2D eigenvalue weighted by molar-refractivity contribution is 0.0954. The van der Waals surface area contributed by atoms with E-state index in [9.17, 15) is 4.79 Å². The molecule has 0 unspecified atom stereocenters. The van der Waals surface area contributed by atoms with Crippen LogP contribution in [0.5, 0.6) is 0 Å². The smallest absolute Gasteiger partial charge is 0.251 e. The first kappa shape index (κ1) is 19.3. The molecule has 146 valence electrons. The summed E-state index contributed by atoms with van der Waals surface area (Å²) in [6, 6.07) is 22.1. The van der Waals surface area contributed by atoms with Crippen molar-refractivity contribution in [2.45, 2.75) is 19.8 Å². The number of H-pyrrole nitrogens is 1. The second-order valence-corrected chi connectivity index (χ2v) is 7.81. The number of fused-ring (bicyclic) bond motifs is 1. The van der Waals surface area contributed by atoms with Gasteiger partial charge in [0, 0.05) is 34.2 Å². The van der Waals surface area contributed by atoms with E-state index in [-0.39, 0.29) is 5.91 Å². The third kappa shape index (κ3) is 4.69. The Hall–Kier alpha value is -3.04. The molecule has 3 nitrogen and oxygen atoms in total. The normalized spacial score (nSPS) is 11.0. The van der Waals surface area contributed by atoms with Crippen molar-refractivity contribution in [3.05, 3.63) is 106 Å². The molecule has 4 heteroatoms. The molecule has 0 radical (unpaired) electrons. The van der Waals surface area contributed by atoms with Gasteiger partial charge in [-0.05, 0) is 66.8 Å². The molecule has 0 saturated carbocycles. The maximum atomic E-state index is 12.5. The summed E-state index contributed by atoms with van der Waals surface area (Å²) in [4.78, 5) is 15.7. The van der Waals surface area contributed by atoms with Crippen LogP contribution in [0.15, 0.2) is 72.9 Å². The number of benzene rings is 3. The molecule has 0 aliphatic heterocycles. The molecule has 0 aliphatic rings. The molecular formula is C25H23ClN2O. The molecule has 0 aliphatic carbocycles. The van der Waals surface area contributed by atoms with Crippen molar-refractivity contribution in [1.29, 1.82) is 0 Å². The molecule has 4 rings (SSSR count). The predicted octanol–water partition coefficient (Wildman–Crippen LogP) is 5.69. The van der Waals surface area contributed by atoms with Crippen molar-refractivity contribution in [1.82, 2.24) is 10.3 Å². The molecule has 3 aromatic carbocycles. The SMILES string of the molecule is Cc1cccc(Cc2ccc(C(=O)NCCc3c[nH]c4ccc(Cl)cc34)cc2)c1. The molecule has 0 fully saturated rings. The first-order valence-corrected chi connectivity index (χ1v) is 10.1. The van der Waals surface area contributed by atoms with Gasteiger partial charge in [-0.15, -0.1) is 0 Å². The summed E-state index contributed by atoms with van der Waals surface area (Å²) in [5, 5.41) is 4.83. The molecule has 0 atom stereocenters. The van der Waals surface area contributed by atoms with E-state index in [2.05, 4.69) is 41.5 Å². The zero-order chi connectivity index (χ0) is 20.2. The number of carbonyl (C=O) groups excluding carboxylic acids is 1. The van der Waals surface area contributed by atoms with Gasteiger partial charge in [0.05, 0.1) is 0 Å². The van der Waals surface area contributed by atoms with Gasteiger partial charge in [-0.1, -0.05) is 53.6 Å². The summed E-state index contributed by atoms with van der Waals surface area (Å²) >= 11 is 6.10. The maximum absolute atomic E-state index is 12.5. The molecule has 0 bridgehead atoms. The maximum Gasteiger partial charge on any atom is 0.251 e. The van der Waals surface area contributed by atoms with Crippen LogP contribution in [0.25, 0.3) is 10.9 Å². The molecular weight excluding hydrogens is 380 g/mol. The number of aryl methyl sites for hydroxylation is 1. The van der Waals surface area contributed by atoms with Crippen LogP contribution in [0.4, 0.5) is 0 Å². The zero-order valence-corrected chi connectivity index (χ0v) is 17.1. The van der Waals surface area contributed by atoms with Crippen molar-refractivity contribution in [2.24, 2.45) is 0 Å². The molecule has 0 spiro atoms. The van der Waals surface area contributed by atoms with Gasteiger partial charge < -0.3 is 10.3 Å². The third-order valence-corrected chi connectivity index (χ3v) is 5.35. The van der Waals surface area contributed by atoms with E-state index >= 15 is 0 Å². The lowest BCUT2D eigenvalue weighted by atomic mass is 10.0. The summed E-state index contributed by atoms with van der Waals surface area (Å²) in [6.07, 6.45) is 3.59. The second-order valence-electron chi connectivity index (χ2n) is 7.37. The van der Waals surface area contributed by atoms with Crippen molar-refractivity contribution in [2.75, 3.05) is 6.54 Å². The molecule has 29 heavy (non-hydrogen) atoms. The Morgan fingerprint density at radius 3 is 2.62 bits per heavy atom. The summed E-state index contributed by atoms with van der Waals surface area (Å²) < 4.78 is 0. The van der Waals surface area contributed by atoms with Gasteiger partial charge in [-0.25, -0.2) is 0 Å². The molecule has 4 aromatic rings. The van der Waals surface area contributed by atoms with Gasteiger partial charge in [0.25, 0.3) is 5.91 Å². The number of hydrogen-bond acceptors (Lipinski definition) is 1. The molecule has 1 aromatic heterocycles.